The molecule has 21 heavy (non-hydrogen) atoms. The third-order valence-corrected chi connectivity index (χ3v) is 4.33. The number of aromatic nitrogens is 4. The summed E-state index contributed by atoms with van der Waals surface area (Å²) >= 11 is 3.58. The second-order valence-electron chi connectivity index (χ2n) is 4.85. The van der Waals surface area contributed by atoms with E-state index in [4.69, 9.17) is 4.98 Å². The fourth-order valence-electron chi connectivity index (χ4n) is 2.59. The molecule has 0 saturated heterocycles. The number of halogens is 1. The van der Waals surface area contributed by atoms with Crippen LogP contribution in [0.1, 0.15) is 0 Å². The Morgan fingerprint density at radius 3 is 2.86 bits per heavy atom. The van der Waals surface area contributed by atoms with Crippen LogP contribution in [0.2, 0.25) is 0 Å². The van der Waals surface area contributed by atoms with Gasteiger partial charge in [0, 0.05) is 34.9 Å². The van der Waals surface area contributed by atoms with E-state index in [1.165, 1.54) is 0 Å². The number of pyridine rings is 2. The van der Waals surface area contributed by atoms with E-state index < -0.39 is 0 Å². The minimum absolute atomic E-state index is 0.897. The molecular weight excluding hydrogens is 328 g/mol. The summed E-state index contributed by atoms with van der Waals surface area (Å²) in [6.45, 7) is 0. The normalized spacial score (nSPS) is 11.3. The average molecular weight is 339 g/mol. The van der Waals surface area contributed by atoms with E-state index >= 15 is 0 Å². The summed E-state index contributed by atoms with van der Waals surface area (Å²) in [6, 6.07) is 10.0. The Hall–Kier alpha value is -2.27. The van der Waals surface area contributed by atoms with Gasteiger partial charge in [0.1, 0.15) is 5.82 Å². The smallest absolute Gasteiger partial charge is 0.143 e. The molecule has 3 heterocycles. The molecule has 0 atom stereocenters. The lowest BCUT2D eigenvalue weighted by atomic mass is 10.1. The lowest BCUT2D eigenvalue weighted by molar-refractivity contribution is 0.957. The Labute approximate surface area is 129 Å². The number of imidazole rings is 1. The lowest BCUT2D eigenvalue weighted by Crippen LogP contribution is -1.94. The van der Waals surface area contributed by atoms with E-state index in [9.17, 15) is 0 Å². The molecule has 0 aliphatic rings. The van der Waals surface area contributed by atoms with Crippen LogP contribution >= 0.6 is 15.9 Å². The lowest BCUT2D eigenvalue weighted by Gasteiger charge is -2.07. The van der Waals surface area contributed by atoms with Gasteiger partial charge in [-0.1, -0.05) is 22.0 Å². The van der Waals surface area contributed by atoms with Gasteiger partial charge in [0.25, 0.3) is 0 Å². The molecule has 5 heteroatoms. The Morgan fingerprint density at radius 2 is 2.00 bits per heavy atom. The van der Waals surface area contributed by atoms with Crippen LogP contribution in [0.3, 0.4) is 0 Å². The van der Waals surface area contributed by atoms with Gasteiger partial charge in [-0.05, 0) is 24.3 Å². The second kappa shape index (κ2) is 4.63. The van der Waals surface area contributed by atoms with Crippen molar-refractivity contribution < 1.29 is 0 Å². The summed E-state index contributed by atoms with van der Waals surface area (Å²) < 4.78 is 3.09. The number of nitrogens with zero attached hydrogens (tertiary/aromatic N) is 4. The molecule has 0 saturated carbocycles. The second-order valence-corrected chi connectivity index (χ2v) is 5.71. The van der Waals surface area contributed by atoms with Crippen molar-refractivity contribution in [3.63, 3.8) is 0 Å². The number of hydrogen-bond donors (Lipinski definition) is 0. The number of hydrogen-bond acceptors (Lipinski definition) is 3. The first-order valence-corrected chi connectivity index (χ1v) is 7.35. The van der Waals surface area contributed by atoms with E-state index in [2.05, 4.69) is 36.5 Å². The Balaban J connectivity index is 2.10. The molecule has 1 aromatic carbocycles. The standard InChI is InChI=1S/C16H11BrN4/c1-21-14-9-18-8-6-13(14)20-16(21)11-4-5-12(17)10-3-2-7-19-15(10)11/h2-9H,1H3. The van der Waals surface area contributed by atoms with Crippen molar-refractivity contribution >= 4 is 37.9 Å². The molecule has 0 amide bonds. The van der Waals surface area contributed by atoms with Gasteiger partial charge >= 0.3 is 0 Å². The summed E-state index contributed by atoms with van der Waals surface area (Å²) in [5, 5.41) is 1.08. The van der Waals surface area contributed by atoms with E-state index in [0.717, 1.165) is 37.8 Å². The van der Waals surface area contributed by atoms with E-state index in [0.29, 0.717) is 0 Å². The van der Waals surface area contributed by atoms with Crippen molar-refractivity contribution in [3.8, 4) is 11.4 Å². The average Bonchev–Trinajstić information content (AvgIpc) is 2.86. The molecule has 0 unspecified atom stereocenters. The van der Waals surface area contributed by atoms with Crippen LogP contribution in [0.5, 0.6) is 0 Å². The first-order chi connectivity index (χ1) is 10.3. The van der Waals surface area contributed by atoms with Crippen molar-refractivity contribution in [2.45, 2.75) is 0 Å². The molecule has 4 nitrogen and oxygen atoms in total. The minimum Gasteiger partial charge on any atom is -0.326 e. The zero-order valence-corrected chi connectivity index (χ0v) is 12.9. The molecule has 0 radical (unpaired) electrons. The van der Waals surface area contributed by atoms with Gasteiger partial charge in [-0.25, -0.2) is 4.98 Å². The fourth-order valence-corrected chi connectivity index (χ4v) is 3.05. The third-order valence-electron chi connectivity index (χ3n) is 3.64. The van der Waals surface area contributed by atoms with E-state index in [1.807, 2.05) is 43.7 Å². The highest BCUT2D eigenvalue weighted by molar-refractivity contribution is 9.10. The Kier molecular flexibility index (Phi) is 2.75. The van der Waals surface area contributed by atoms with Crippen LogP contribution in [-0.2, 0) is 7.05 Å². The number of fused-ring (bicyclic) bond motifs is 2. The monoisotopic (exact) mass is 338 g/mol. The van der Waals surface area contributed by atoms with Crippen LogP contribution in [0, 0.1) is 0 Å². The molecule has 0 spiro atoms. The van der Waals surface area contributed by atoms with Crippen molar-refractivity contribution in [1.82, 2.24) is 19.5 Å². The first kappa shape index (κ1) is 12.5. The number of benzene rings is 1. The molecule has 0 aliphatic heterocycles. The van der Waals surface area contributed by atoms with Crippen LogP contribution in [0.15, 0.2) is 53.4 Å². The van der Waals surface area contributed by atoms with Gasteiger partial charge in [0.05, 0.1) is 22.7 Å². The summed E-state index contributed by atoms with van der Waals surface area (Å²) in [7, 11) is 2.00. The predicted octanol–water partition coefficient (Wildman–Crippen LogP) is 3.95. The van der Waals surface area contributed by atoms with Crippen LogP contribution in [0.25, 0.3) is 33.3 Å². The molecule has 4 rings (SSSR count). The maximum absolute atomic E-state index is 4.73. The van der Waals surface area contributed by atoms with Crippen molar-refractivity contribution in [3.05, 3.63) is 53.4 Å². The first-order valence-electron chi connectivity index (χ1n) is 6.56. The SMILES string of the molecule is Cn1c(-c2ccc(Br)c3cccnc23)nc2ccncc21. The topological polar surface area (TPSA) is 43.6 Å². The third kappa shape index (κ3) is 1.85. The van der Waals surface area contributed by atoms with Crippen LogP contribution in [0.4, 0.5) is 0 Å². The molecule has 3 aromatic heterocycles. The summed E-state index contributed by atoms with van der Waals surface area (Å²) in [5.41, 5.74) is 3.92. The van der Waals surface area contributed by atoms with Gasteiger partial charge in [-0.3, -0.25) is 9.97 Å². The van der Waals surface area contributed by atoms with Gasteiger partial charge < -0.3 is 4.57 Å². The molecule has 0 N–H and O–H groups in total. The zero-order chi connectivity index (χ0) is 14.4. The predicted molar refractivity (Wildman–Crippen MR) is 86.9 cm³/mol. The summed E-state index contributed by atoms with van der Waals surface area (Å²) in [6.07, 6.45) is 5.40. The van der Waals surface area contributed by atoms with Gasteiger partial charge in [0.2, 0.25) is 0 Å². The van der Waals surface area contributed by atoms with Gasteiger partial charge in [-0.15, -0.1) is 0 Å². The molecule has 4 aromatic rings. The molecule has 102 valence electrons. The number of aryl methyl sites for hydroxylation is 1. The maximum Gasteiger partial charge on any atom is 0.143 e. The van der Waals surface area contributed by atoms with Crippen LogP contribution in [-0.4, -0.2) is 19.5 Å². The zero-order valence-electron chi connectivity index (χ0n) is 11.3. The van der Waals surface area contributed by atoms with Crippen LogP contribution < -0.4 is 0 Å². The summed E-state index contributed by atoms with van der Waals surface area (Å²) in [4.78, 5) is 13.4. The maximum atomic E-state index is 4.73. The minimum atomic E-state index is 0.897. The summed E-state index contributed by atoms with van der Waals surface area (Å²) in [5.74, 6) is 0.897. The highest BCUT2D eigenvalue weighted by atomic mass is 79.9. The number of rotatable bonds is 1. The van der Waals surface area contributed by atoms with E-state index in [1.54, 1.807) is 6.20 Å². The van der Waals surface area contributed by atoms with E-state index in [-0.39, 0.29) is 0 Å². The highest BCUT2D eigenvalue weighted by Crippen LogP contribution is 2.32. The largest absolute Gasteiger partial charge is 0.326 e. The quantitative estimate of drug-likeness (QED) is 0.527. The molecule has 0 fully saturated rings. The molecule has 0 bridgehead atoms. The molecular formula is C16H11BrN4. The van der Waals surface area contributed by atoms with Gasteiger partial charge in [0.15, 0.2) is 0 Å². The van der Waals surface area contributed by atoms with Crippen molar-refractivity contribution in [1.29, 1.82) is 0 Å². The van der Waals surface area contributed by atoms with Crippen molar-refractivity contribution in [2.75, 3.05) is 0 Å². The molecule has 0 aliphatic carbocycles. The Morgan fingerprint density at radius 1 is 1.10 bits per heavy atom. The Bertz CT molecular complexity index is 975. The van der Waals surface area contributed by atoms with Crippen molar-refractivity contribution in [2.24, 2.45) is 7.05 Å². The fraction of sp³-hybridized carbons (Fsp3) is 0.0625. The highest BCUT2D eigenvalue weighted by Gasteiger charge is 2.14. The van der Waals surface area contributed by atoms with Gasteiger partial charge in [-0.2, -0.15) is 0 Å².